The zero-order valence-corrected chi connectivity index (χ0v) is 14.3. The minimum absolute atomic E-state index is 0.905. The largest absolute Gasteiger partial charge is 0.368 e. The average Bonchev–Trinajstić information content (AvgIpc) is 2.45. The topological polar surface area (TPSA) is 24.4 Å². The molecule has 0 unspecified atom stereocenters. The Labute approximate surface area is 128 Å². The molecule has 2 nitrogen and oxygen atoms in total. The first-order chi connectivity index (χ1) is 9.44. The van der Waals surface area contributed by atoms with Crippen LogP contribution in [-0.4, -0.2) is 19.3 Å². The number of benzene rings is 1. The molecule has 0 fully saturated rings. The second-order valence-corrected chi connectivity index (χ2v) is 5.71. The maximum absolute atomic E-state index is 3.95. The molecule has 0 aliphatic heterocycles. The van der Waals surface area contributed by atoms with E-state index in [1.54, 1.807) is 18.8 Å². The van der Waals surface area contributed by atoms with Gasteiger partial charge in [0, 0.05) is 14.1 Å². The third-order valence-electron chi connectivity index (χ3n) is 2.63. The first-order valence-corrected chi connectivity index (χ1v) is 7.44. The summed E-state index contributed by atoms with van der Waals surface area (Å²) in [6.45, 7) is 12.0. The van der Waals surface area contributed by atoms with Gasteiger partial charge < -0.3 is 5.32 Å². The van der Waals surface area contributed by atoms with E-state index in [0.717, 1.165) is 10.1 Å². The zero-order valence-electron chi connectivity index (χ0n) is 13.4. The Hall–Kier alpha value is -1.48. The van der Waals surface area contributed by atoms with Gasteiger partial charge in [0.2, 0.25) is 0 Å². The highest BCUT2D eigenvalue weighted by Gasteiger charge is 1.93. The molecule has 1 aromatic carbocycles. The summed E-state index contributed by atoms with van der Waals surface area (Å²) in [4.78, 5) is 5.00. The van der Waals surface area contributed by atoms with Crippen LogP contribution in [0, 0.1) is 6.92 Å². The molecule has 1 N–H and O–H groups in total. The summed E-state index contributed by atoms with van der Waals surface area (Å²) in [6.07, 6.45) is 2.13. The van der Waals surface area contributed by atoms with E-state index in [0.29, 0.717) is 0 Å². The summed E-state index contributed by atoms with van der Waals surface area (Å²) in [5, 5.41) is 3.84. The Balaban J connectivity index is 0.000000370. The van der Waals surface area contributed by atoms with E-state index in [2.05, 4.69) is 68.0 Å². The molecule has 0 spiro atoms. The van der Waals surface area contributed by atoms with E-state index in [-0.39, 0.29) is 0 Å². The molecule has 3 heteroatoms. The van der Waals surface area contributed by atoms with Crippen LogP contribution in [0.4, 0.5) is 0 Å². The van der Waals surface area contributed by atoms with Crippen LogP contribution in [0.1, 0.15) is 31.9 Å². The summed E-state index contributed by atoms with van der Waals surface area (Å²) >= 11 is 1.54. The smallest absolute Gasteiger partial charge is 0.160 e. The first-order valence-electron chi connectivity index (χ1n) is 6.62. The van der Waals surface area contributed by atoms with Crippen molar-refractivity contribution in [2.75, 3.05) is 14.1 Å². The van der Waals surface area contributed by atoms with Gasteiger partial charge in [0.15, 0.2) is 5.17 Å². The lowest BCUT2D eigenvalue weighted by Gasteiger charge is -2.00. The summed E-state index contributed by atoms with van der Waals surface area (Å²) in [7, 11) is 3.60. The highest BCUT2D eigenvalue weighted by atomic mass is 32.2. The molecule has 0 aliphatic carbocycles. The van der Waals surface area contributed by atoms with Crippen molar-refractivity contribution in [3.05, 3.63) is 53.0 Å². The van der Waals surface area contributed by atoms with Gasteiger partial charge in [-0.3, -0.25) is 4.99 Å². The maximum atomic E-state index is 3.95. The quantitative estimate of drug-likeness (QED) is 0.620. The van der Waals surface area contributed by atoms with Gasteiger partial charge in [-0.05, 0) is 43.7 Å². The Kier molecular flexibility index (Phi) is 9.56. The van der Waals surface area contributed by atoms with E-state index in [4.69, 9.17) is 0 Å². The number of aryl methyl sites for hydroxylation is 1. The lowest BCUT2D eigenvalue weighted by Crippen LogP contribution is -2.13. The summed E-state index contributed by atoms with van der Waals surface area (Å²) in [6, 6.07) is 8.60. The number of nitrogens with one attached hydrogen (secondary N) is 1. The third-order valence-corrected chi connectivity index (χ3v) is 3.56. The predicted molar refractivity (Wildman–Crippen MR) is 95.3 cm³/mol. The number of allylic oxidation sites excluding steroid dienone is 3. The molecule has 20 heavy (non-hydrogen) atoms. The summed E-state index contributed by atoms with van der Waals surface area (Å²) < 4.78 is 0. The van der Waals surface area contributed by atoms with Crippen LogP contribution in [0.2, 0.25) is 0 Å². The Morgan fingerprint density at radius 2 is 1.80 bits per heavy atom. The fourth-order valence-corrected chi connectivity index (χ4v) is 1.88. The molecule has 0 atom stereocenters. The van der Waals surface area contributed by atoms with E-state index in [1.165, 1.54) is 16.7 Å². The number of rotatable bonds is 2. The van der Waals surface area contributed by atoms with Crippen LogP contribution in [0.3, 0.4) is 0 Å². The van der Waals surface area contributed by atoms with Gasteiger partial charge >= 0.3 is 0 Å². The highest BCUT2D eigenvalue weighted by Crippen LogP contribution is 2.13. The Morgan fingerprint density at radius 3 is 2.10 bits per heavy atom. The molecule has 0 heterocycles. The summed E-state index contributed by atoms with van der Waals surface area (Å²) in [5.41, 5.74) is 3.97. The lowest BCUT2D eigenvalue weighted by atomic mass is 10.1. The molecule has 0 radical (unpaired) electrons. The number of thioether (sulfide) groups is 1. The van der Waals surface area contributed by atoms with Crippen LogP contribution in [0.5, 0.6) is 0 Å². The molecule has 0 amide bonds. The van der Waals surface area contributed by atoms with Crippen molar-refractivity contribution in [3.63, 3.8) is 0 Å². The van der Waals surface area contributed by atoms with Gasteiger partial charge in [-0.15, -0.1) is 0 Å². The molecule has 0 aromatic heterocycles. The molecule has 1 aromatic rings. The number of hydrogen-bond donors (Lipinski definition) is 1. The molecular formula is C17H26N2S. The number of amidine groups is 1. The second-order valence-electron chi connectivity index (χ2n) is 4.42. The second kappa shape index (κ2) is 10.3. The fraction of sp³-hybridized carbons (Fsp3) is 0.353. The molecule has 1 rings (SSSR count). The molecule has 0 bridgehead atoms. The molecule has 0 saturated heterocycles. The SMILES string of the molecule is C/C=C(\C)c1ccc(C)cc1.C=C(C)SC(=NC)NC. The Bertz CT molecular complexity index is 470. The van der Waals surface area contributed by atoms with E-state index in [9.17, 15) is 0 Å². The molecule has 0 aliphatic rings. The zero-order chi connectivity index (χ0) is 15.5. The first kappa shape index (κ1) is 18.5. The molecule has 110 valence electrons. The van der Waals surface area contributed by atoms with Crippen molar-refractivity contribution in [1.82, 2.24) is 5.32 Å². The number of nitrogens with zero attached hydrogens (tertiary/aromatic N) is 1. The van der Waals surface area contributed by atoms with Crippen LogP contribution < -0.4 is 5.32 Å². The van der Waals surface area contributed by atoms with Crippen molar-refractivity contribution >= 4 is 22.5 Å². The standard InChI is InChI=1S/C11H14.C6H12N2S/c1-4-10(3)11-7-5-9(2)6-8-11;1-5(2)9-6(7-3)8-4/h4-8H,1-3H3;1H2,2-4H3,(H,7,8)/b10-4+;. The Morgan fingerprint density at radius 1 is 1.25 bits per heavy atom. The van der Waals surface area contributed by atoms with Crippen molar-refractivity contribution in [1.29, 1.82) is 0 Å². The minimum atomic E-state index is 0.905. The van der Waals surface area contributed by atoms with Gasteiger partial charge in [0.25, 0.3) is 0 Å². The van der Waals surface area contributed by atoms with Crippen LogP contribution in [-0.2, 0) is 0 Å². The molecular weight excluding hydrogens is 264 g/mol. The van der Waals surface area contributed by atoms with Crippen LogP contribution >= 0.6 is 11.8 Å². The van der Waals surface area contributed by atoms with E-state index in [1.807, 2.05) is 14.0 Å². The van der Waals surface area contributed by atoms with Gasteiger partial charge in [-0.1, -0.05) is 54.2 Å². The third kappa shape index (κ3) is 7.85. The van der Waals surface area contributed by atoms with Crippen molar-refractivity contribution in [3.8, 4) is 0 Å². The number of aliphatic imine (C=N–C) groups is 1. The van der Waals surface area contributed by atoms with Gasteiger partial charge in [-0.25, -0.2) is 0 Å². The maximum Gasteiger partial charge on any atom is 0.160 e. The molecule has 0 saturated carbocycles. The van der Waals surface area contributed by atoms with Crippen LogP contribution in [0.15, 0.2) is 46.8 Å². The van der Waals surface area contributed by atoms with Gasteiger partial charge in [0.1, 0.15) is 0 Å². The van der Waals surface area contributed by atoms with Crippen molar-refractivity contribution in [2.24, 2.45) is 4.99 Å². The van der Waals surface area contributed by atoms with Crippen molar-refractivity contribution < 1.29 is 0 Å². The fourth-order valence-electron chi connectivity index (χ4n) is 1.36. The predicted octanol–water partition coefficient (Wildman–Crippen LogP) is 4.88. The summed E-state index contributed by atoms with van der Waals surface area (Å²) in [5.74, 6) is 0. The van der Waals surface area contributed by atoms with Crippen molar-refractivity contribution in [2.45, 2.75) is 27.7 Å². The van der Waals surface area contributed by atoms with E-state index < -0.39 is 0 Å². The normalized spacial score (nSPS) is 11.5. The van der Waals surface area contributed by atoms with Gasteiger partial charge in [-0.2, -0.15) is 0 Å². The monoisotopic (exact) mass is 290 g/mol. The van der Waals surface area contributed by atoms with Crippen LogP contribution in [0.25, 0.3) is 5.57 Å². The minimum Gasteiger partial charge on any atom is -0.368 e. The average molecular weight is 290 g/mol. The van der Waals surface area contributed by atoms with E-state index >= 15 is 0 Å². The highest BCUT2D eigenvalue weighted by molar-refractivity contribution is 8.17. The lowest BCUT2D eigenvalue weighted by molar-refractivity contribution is 1.18. The van der Waals surface area contributed by atoms with Gasteiger partial charge in [0.05, 0.1) is 0 Å². The number of hydrogen-bond acceptors (Lipinski definition) is 2.